The normalized spacial score (nSPS) is 19.8. The molecule has 1 heterocycles. The Labute approximate surface area is 116 Å². The molecule has 19 heavy (non-hydrogen) atoms. The lowest BCUT2D eigenvalue weighted by Crippen LogP contribution is -2.53. The van der Waals surface area contributed by atoms with E-state index >= 15 is 0 Å². The summed E-state index contributed by atoms with van der Waals surface area (Å²) in [6.45, 7) is 8.98. The molecule has 3 nitrogen and oxygen atoms in total. The van der Waals surface area contributed by atoms with Gasteiger partial charge in [0.2, 0.25) is 0 Å². The standard InChI is InChI=1S/C16H24N2O/c1-12(2)10-14-11-18(9-8-17-14)16(19)15-7-5-4-6-13(15)3/h4-7,12,14,17H,8-11H2,1-3H3. The third kappa shape index (κ3) is 3.57. The Morgan fingerprint density at radius 3 is 2.84 bits per heavy atom. The minimum atomic E-state index is 0.174. The first kappa shape index (κ1) is 14.1. The second-order valence-corrected chi connectivity index (χ2v) is 5.85. The van der Waals surface area contributed by atoms with Gasteiger partial charge >= 0.3 is 0 Å². The van der Waals surface area contributed by atoms with Crippen LogP contribution in [0.3, 0.4) is 0 Å². The Hall–Kier alpha value is -1.35. The maximum Gasteiger partial charge on any atom is 0.254 e. The van der Waals surface area contributed by atoms with Crippen molar-refractivity contribution < 1.29 is 4.79 Å². The topological polar surface area (TPSA) is 32.3 Å². The molecule has 0 bridgehead atoms. The number of aryl methyl sites for hydroxylation is 1. The van der Waals surface area contributed by atoms with Crippen LogP contribution in [-0.4, -0.2) is 36.5 Å². The lowest BCUT2D eigenvalue weighted by atomic mass is 10.0. The van der Waals surface area contributed by atoms with E-state index in [-0.39, 0.29) is 5.91 Å². The zero-order valence-electron chi connectivity index (χ0n) is 12.1. The number of carbonyl (C=O) groups excluding carboxylic acids is 1. The van der Waals surface area contributed by atoms with E-state index in [4.69, 9.17) is 0 Å². The number of piperazine rings is 1. The Balaban J connectivity index is 2.05. The molecule has 0 radical (unpaired) electrons. The molecule has 1 saturated heterocycles. The van der Waals surface area contributed by atoms with Crippen molar-refractivity contribution in [1.82, 2.24) is 10.2 Å². The second-order valence-electron chi connectivity index (χ2n) is 5.85. The largest absolute Gasteiger partial charge is 0.336 e. The molecule has 1 amide bonds. The van der Waals surface area contributed by atoms with Crippen LogP contribution in [-0.2, 0) is 0 Å². The molecule has 1 unspecified atom stereocenters. The van der Waals surface area contributed by atoms with Crippen molar-refractivity contribution in [1.29, 1.82) is 0 Å². The van der Waals surface area contributed by atoms with Gasteiger partial charge in [0.15, 0.2) is 0 Å². The number of nitrogens with zero attached hydrogens (tertiary/aromatic N) is 1. The van der Waals surface area contributed by atoms with Crippen LogP contribution < -0.4 is 5.32 Å². The van der Waals surface area contributed by atoms with Gasteiger partial charge in [-0.1, -0.05) is 32.0 Å². The predicted molar refractivity (Wildman–Crippen MR) is 78.3 cm³/mol. The number of hydrogen-bond acceptors (Lipinski definition) is 2. The van der Waals surface area contributed by atoms with Gasteiger partial charge in [0.05, 0.1) is 0 Å². The summed E-state index contributed by atoms with van der Waals surface area (Å²) in [6, 6.07) is 8.28. The molecule has 1 aromatic carbocycles. The van der Waals surface area contributed by atoms with Gasteiger partial charge in [0, 0.05) is 31.2 Å². The van der Waals surface area contributed by atoms with Gasteiger partial charge in [-0.15, -0.1) is 0 Å². The summed E-state index contributed by atoms with van der Waals surface area (Å²) in [4.78, 5) is 14.5. The molecular weight excluding hydrogens is 236 g/mol. The van der Waals surface area contributed by atoms with Crippen LogP contribution in [0.5, 0.6) is 0 Å². The van der Waals surface area contributed by atoms with Crippen LogP contribution in [0.25, 0.3) is 0 Å². The Morgan fingerprint density at radius 1 is 1.42 bits per heavy atom. The lowest BCUT2D eigenvalue weighted by molar-refractivity contribution is 0.0693. The Bertz CT molecular complexity index is 442. The van der Waals surface area contributed by atoms with Crippen molar-refractivity contribution in [3.05, 3.63) is 35.4 Å². The highest BCUT2D eigenvalue weighted by Crippen LogP contribution is 2.14. The molecule has 0 aromatic heterocycles. The molecule has 0 saturated carbocycles. The van der Waals surface area contributed by atoms with Crippen molar-refractivity contribution in [3.63, 3.8) is 0 Å². The highest BCUT2D eigenvalue weighted by atomic mass is 16.2. The van der Waals surface area contributed by atoms with Gasteiger partial charge in [0.1, 0.15) is 0 Å². The molecule has 104 valence electrons. The van der Waals surface area contributed by atoms with Gasteiger partial charge in [-0.25, -0.2) is 0 Å². The van der Waals surface area contributed by atoms with Crippen LogP contribution >= 0.6 is 0 Å². The van der Waals surface area contributed by atoms with E-state index in [1.165, 1.54) is 0 Å². The van der Waals surface area contributed by atoms with E-state index in [1.54, 1.807) is 0 Å². The van der Waals surface area contributed by atoms with Gasteiger partial charge in [-0.2, -0.15) is 0 Å². The minimum Gasteiger partial charge on any atom is -0.336 e. The molecule has 1 aromatic rings. The van der Waals surface area contributed by atoms with Crippen molar-refractivity contribution in [2.24, 2.45) is 5.92 Å². The summed E-state index contributed by atoms with van der Waals surface area (Å²) in [6.07, 6.45) is 1.12. The monoisotopic (exact) mass is 260 g/mol. The second kappa shape index (κ2) is 6.20. The first-order valence-electron chi connectivity index (χ1n) is 7.16. The van der Waals surface area contributed by atoms with E-state index in [2.05, 4.69) is 19.2 Å². The Kier molecular flexibility index (Phi) is 4.59. The third-order valence-electron chi connectivity index (χ3n) is 3.67. The zero-order chi connectivity index (χ0) is 13.8. The van der Waals surface area contributed by atoms with E-state index in [0.717, 1.165) is 37.2 Å². The van der Waals surface area contributed by atoms with E-state index in [1.807, 2.05) is 36.1 Å². The van der Waals surface area contributed by atoms with E-state index in [0.29, 0.717) is 12.0 Å². The molecule has 3 heteroatoms. The summed E-state index contributed by atoms with van der Waals surface area (Å²) in [7, 11) is 0. The fourth-order valence-corrected chi connectivity index (χ4v) is 2.72. The predicted octanol–water partition coefficient (Wildman–Crippen LogP) is 2.46. The van der Waals surface area contributed by atoms with Crippen molar-refractivity contribution in [3.8, 4) is 0 Å². The molecule has 1 fully saturated rings. The van der Waals surface area contributed by atoms with Crippen LogP contribution in [0.15, 0.2) is 24.3 Å². The fourth-order valence-electron chi connectivity index (χ4n) is 2.72. The number of nitrogens with one attached hydrogen (secondary N) is 1. The minimum absolute atomic E-state index is 0.174. The van der Waals surface area contributed by atoms with E-state index < -0.39 is 0 Å². The number of carbonyl (C=O) groups is 1. The number of benzene rings is 1. The molecule has 0 spiro atoms. The molecular formula is C16H24N2O. The number of amides is 1. The van der Waals surface area contributed by atoms with Crippen LogP contribution in [0.2, 0.25) is 0 Å². The molecule has 1 aliphatic rings. The molecule has 1 atom stereocenters. The zero-order valence-corrected chi connectivity index (χ0v) is 12.1. The van der Waals surface area contributed by atoms with Crippen molar-refractivity contribution >= 4 is 5.91 Å². The van der Waals surface area contributed by atoms with Crippen molar-refractivity contribution in [2.75, 3.05) is 19.6 Å². The average molecular weight is 260 g/mol. The summed E-state index contributed by atoms with van der Waals surface area (Å²) in [5.41, 5.74) is 1.90. The van der Waals surface area contributed by atoms with Gasteiger partial charge < -0.3 is 10.2 Å². The summed E-state index contributed by atoms with van der Waals surface area (Å²) in [5, 5.41) is 3.51. The molecule has 1 aliphatic heterocycles. The fraction of sp³-hybridized carbons (Fsp3) is 0.562. The Morgan fingerprint density at radius 2 is 2.16 bits per heavy atom. The molecule has 0 aliphatic carbocycles. The van der Waals surface area contributed by atoms with E-state index in [9.17, 15) is 4.79 Å². The highest BCUT2D eigenvalue weighted by molar-refractivity contribution is 5.95. The summed E-state index contributed by atoms with van der Waals surface area (Å²) in [5.74, 6) is 0.833. The van der Waals surface area contributed by atoms with Crippen molar-refractivity contribution in [2.45, 2.75) is 33.2 Å². The first-order chi connectivity index (χ1) is 9.08. The maximum atomic E-state index is 12.6. The molecule has 2 rings (SSSR count). The van der Waals surface area contributed by atoms with Gasteiger partial charge in [-0.05, 0) is 30.9 Å². The average Bonchev–Trinajstić information content (AvgIpc) is 2.38. The summed E-state index contributed by atoms with van der Waals surface area (Å²) < 4.78 is 0. The molecule has 1 N–H and O–H groups in total. The lowest BCUT2D eigenvalue weighted by Gasteiger charge is -2.34. The van der Waals surface area contributed by atoms with Crippen LogP contribution in [0.1, 0.15) is 36.2 Å². The van der Waals surface area contributed by atoms with Gasteiger partial charge in [-0.3, -0.25) is 4.79 Å². The quantitative estimate of drug-likeness (QED) is 0.905. The van der Waals surface area contributed by atoms with Gasteiger partial charge in [0.25, 0.3) is 5.91 Å². The SMILES string of the molecule is Cc1ccccc1C(=O)N1CCNC(CC(C)C)C1. The number of rotatable bonds is 3. The first-order valence-corrected chi connectivity index (χ1v) is 7.16. The highest BCUT2D eigenvalue weighted by Gasteiger charge is 2.24. The third-order valence-corrected chi connectivity index (χ3v) is 3.67. The summed E-state index contributed by atoms with van der Waals surface area (Å²) >= 11 is 0. The van der Waals surface area contributed by atoms with Crippen LogP contribution in [0, 0.1) is 12.8 Å². The maximum absolute atomic E-state index is 12.6. The number of hydrogen-bond donors (Lipinski definition) is 1. The smallest absolute Gasteiger partial charge is 0.254 e. The van der Waals surface area contributed by atoms with Crippen LogP contribution in [0.4, 0.5) is 0 Å².